The SMILES string of the molecule is CC1CCN(CC2CCCCC2F)CC1. The van der Waals surface area contributed by atoms with Crippen LogP contribution in [-0.4, -0.2) is 30.7 Å². The van der Waals surface area contributed by atoms with Crippen LogP contribution in [0.25, 0.3) is 0 Å². The first-order valence-electron chi connectivity index (χ1n) is 6.62. The molecule has 0 aromatic heterocycles. The summed E-state index contributed by atoms with van der Waals surface area (Å²) in [6, 6.07) is 0. The van der Waals surface area contributed by atoms with Crippen LogP contribution in [0, 0.1) is 11.8 Å². The van der Waals surface area contributed by atoms with Crippen molar-refractivity contribution in [3.8, 4) is 0 Å². The molecule has 1 saturated heterocycles. The van der Waals surface area contributed by atoms with Crippen molar-refractivity contribution in [2.75, 3.05) is 19.6 Å². The molecule has 2 fully saturated rings. The van der Waals surface area contributed by atoms with Crippen LogP contribution in [0.3, 0.4) is 0 Å². The van der Waals surface area contributed by atoms with E-state index in [0.717, 1.165) is 31.7 Å². The summed E-state index contributed by atoms with van der Waals surface area (Å²) < 4.78 is 13.7. The maximum Gasteiger partial charge on any atom is 0.104 e. The average Bonchev–Trinajstić information content (AvgIpc) is 2.25. The molecule has 1 aliphatic carbocycles. The van der Waals surface area contributed by atoms with Crippen molar-refractivity contribution >= 4 is 0 Å². The first-order chi connectivity index (χ1) is 7.25. The number of halogens is 1. The summed E-state index contributed by atoms with van der Waals surface area (Å²) in [5.41, 5.74) is 0. The van der Waals surface area contributed by atoms with Gasteiger partial charge < -0.3 is 4.90 Å². The fraction of sp³-hybridized carbons (Fsp3) is 1.00. The summed E-state index contributed by atoms with van der Waals surface area (Å²) >= 11 is 0. The van der Waals surface area contributed by atoms with E-state index in [4.69, 9.17) is 0 Å². The molecule has 0 bridgehead atoms. The molecule has 1 aliphatic heterocycles. The van der Waals surface area contributed by atoms with Gasteiger partial charge in [0.05, 0.1) is 0 Å². The second-order valence-corrected chi connectivity index (χ2v) is 5.54. The van der Waals surface area contributed by atoms with Gasteiger partial charge in [0.15, 0.2) is 0 Å². The summed E-state index contributed by atoms with van der Waals surface area (Å²) in [4.78, 5) is 2.49. The quantitative estimate of drug-likeness (QED) is 0.680. The Morgan fingerprint density at radius 2 is 1.73 bits per heavy atom. The molecule has 0 aromatic rings. The molecule has 2 aliphatic rings. The third-order valence-electron chi connectivity index (χ3n) is 4.19. The Bertz CT molecular complexity index is 187. The molecule has 0 amide bonds. The fourth-order valence-electron chi connectivity index (χ4n) is 2.94. The molecule has 1 nitrogen and oxygen atoms in total. The Kier molecular flexibility index (Phi) is 4.01. The van der Waals surface area contributed by atoms with Gasteiger partial charge in [-0.15, -0.1) is 0 Å². The second kappa shape index (κ2) is 5.29. The van der Waals surface area contributed by atoms with Crippen LogP contribution in [0.2, 0.25) is 0 Å². The van der Waals surface area contributed by atoms with Crippen LogP contribution in [0.4, 0.5) is 4.39 Å². The molecule has 15 heavy (non-hydrogen) atoms. The smallest absolute Gasteiger partial charge is 0.104 e. The zero-order valence-electron chi connectivity index (χ0n) is 9.92. The predicted molar refractivity (Wildman–Crippen MR) is 61.7 cm³/mol. The van der Waals surface area contributed by atoms with Crippen LogP contribution >= 0.6 is 0 Å². The lowest BCUT2D eigenvalue weighted by molar-refractivity contribution is 0.0963. The summed E-state index contributed by atoms with van der Waals surface area (Å²) in [5.74, 6) is 1.22. The molecule has 2 rings (SSSR count). The van der Waals surface area contributed by atoms with Gasteiger partial charge in [-0.2, -0.15) is 0 Å². The van der Waals surface area contributed by atoms with Crippen molar-refractivity contribution in [3.05, 3.63) is 0 Å². The Morgan fingerprint density at radius 1 is 1.07 bits per heavy atom. The zero-order chi connectivity index (χ0) is 10.7. The minimum absolute atomic E-state index is 0.340. The monoisotopic (exact) mass is 213 g/mol. The van der Waals surface area contributed by atoms with Crippen LogP contribution in [-0.2, 0) is 0 Å². The summed E-state index contributed by atoms with van der Waals surface area (Å²) in [7, 11) is 0. The van der Waals surface area contributed by atoms with Gasteiger partial charge in [0.2, 0.25) is 0 Å². The summed E-state index contributed by atoms with van der Waals surface area (Å²) in [5, 5.41) is 0. The van der Waals surface area contributed by atoms with E-state index in [0.29, 0.717) is 5.92 Å². The largest absolute Gasteiger partial charge is 0.303 e. The molecule has 0 aromatic carbocycles. The standard InChI is InChI=1S/C13H24FN/c1-11-6-8-15(9-7-11)10-12-4-2-3-5-13(12)14/h11-13H,2-10H2,1H3. The molecule has 0 spiro atoms. The summed E-state index contributed by atoms with van der Waals surface area (Å²) in [6.45, 7) is 5.75. The van der Waals surface area contributed by atoms with E-state index >= 15 is 0 Å². The highest BCUT2D eigenvalue weighted by molar-refractivity contribution is 4.79. The number of likely N-dealkylation sites (tertiary alicyclic amines) is 1. The van der Waals surface area contributed by atoms with E-state index < -0.39 is 6.17 Å². The van der Waals surface area contributed by atoms with Crippen molar-refractivity contribution < 1.29 is 4.39 Å². The lowest BCUT2D eigenvalue weighted by atomic mass is 9.86. The highest BCUT2D eigenvalue weighted by Gasteiger charge is 2.27. The average molecular weight is 213 g/mol. The molecule has 2 heteroatoms. The molecule has 2 unspecified atom stereocenters. The van der Waals surface area contributed by atoms with Crippen LogP contribution in [0.1, 0.15) is 45.4 Å². The van der Waals surface area contributed by atoms with Gasteiger partial charge in [-0.3, -0.25) is 0 Å². The van der Waals surface area contributed by atoms with Gasteiger partial charge in [0, 0.05) is 12.5 Å². The Labute approximate surface area is 93.0 Å². The highest BCUT2D eigenvalue weighted by atomic mass is 19.1. The lowest BCUT2D eigenvalue weighted by Gasteiger charge is -2.35. The Morgan fingerprint density at radius 3 is 2.40 bits per heavy atom. The van der Waals surface area contributed by atoms with E-state index in [9.17, 15) is 4.39 Å². The maximum atomic E-state index is 13.7. The number of hydrogen-bond acceptors (Lipinski definition) is 1. The second-order valence-electron chi connectivity index (χ2n) is 5.54. The minimum atomic E-state index is -0.516. The molecule has 0 N–H and O–H groups in total. The topological polar surface area (TPSA) is 3.24 Å². The predicted octanol–water partition coefficient (Wildman–Crippen LogP) is 3.25. The normalized spacial score (nSPS) is 35.6. The fourth-order valence-corrected chi connectivity index (χ4v) is 2.94. The third kappa shape index (κ3) is 3.17. The van der Waals surface area contributed by atoms with E-state index in [-0.39, 0.29) is 0 Å². The lowest BCUT2D eigenvalue weighted by Crippen LogP contribution is -2.39. The first kappa shape index (κ1) is 11.4. The van der Waals surface area contributed by atoms with Gasteiger partial charge in [-0.1, -0.05) is 19.8 Å². The molecular formula is C13H24FN. The molecule has 0 radical (unpaired) electrons. The van der Waals surface area contributed by atoms with E-state index in [1.165, 1.54) is 32.4 Å². The molecule has 2 atom stereocenters. The van der Waals surface area contributed by atoms with Gasteiger partial charge >= 0.3 is 0 Å². The van der Waals surface area contributed by atoms with Gasteiger partial charge in [-0.05, 0) is 44.7 Å². The molecule has 1 heterocycles. The van der Waals surface area contributed by atoms with Crippen molar-refractivity contribution in [2.24, 2.45) is 11.8 Å². The van der Waals surface area contributed by atoms with Gasteiger partial charge in [-0.25, -0.2) is 4.39 Å². The zero-order valence-corrected chi connectivity index (χ0v) is 9.92. The number of nitrogens with zero attached hydrogens (tertiary/aromatic N) is 1. The van der Waals surface area contributed by atoms with Crippen molar-refractivity contribution in [3.63, 3.8) is 0 Å². The van der Waals surface area contributed by atoms with Crippen LogP contribution in [0.5, 0.6) is 0 Å². The van der Waals surface area contributed by atoms with Crippen LogP contribution in [0.15, 0.2) is 0 Å². The van der Waals surface area contributed by atoms with Crippen molar-refractivity contribution in [1.82, 2.24) is 4.90 Å². The van der Waals surface area contributed by atoms with Gasteiger partial charge in [0.1, 0.15) is 6.17 Å². The van der Waals surface area contributed by atoms with E-state index in [1.807, 2.05) is 0 Å². The van der Waals surface area contributed by atoms with E-state index in [1.54, 1.807) is 0 Å². The highest BCUT2D eigenvalue weighted by Crippen LogP contribution is 2.28. The third-order valence-corrected chi connectivity index (χ3v) is 4.19. The Balaban J connectivity index is 1.75. The Hall–Kier alpha value is -0.110. The van der Waals surface area contributed by atoms with Crippen LogP contribution < -0.4 is 0 Å². The molecule has 1 saturated carbocycles. The van der Waals surface area contributed by atoms with Crippen molar-refractivity contribution in [2.45, 2.75) is 51.6 Å². The number of alkyl halides is 1. The van der Waals surface area contributed by atoms with Gasteiger partial charge in [0.25, 0.3) is 0 Å². The molecule has 88 valence electrons. The summed E-state index contributed by atoms with van der Waals surface area (Å²) in [6.07, 6.45) is 6.39. The first-order valence-corrected chi connectivity index (χ1v) is 6.62. The minimum Gasteiger partial charge on any atom is -0.303 e. The number of rotatable bonds is 2. The number of hydrogen-bond donors (Lipinski definition) is 0. The van der Waals surface area contributed by atoms with Crippen molar-refractivity contribution in [1.29, 1.82) is 0 Å². The maximum absolute atomic E-state index is 13.7. The number of piperidine rings is 1. The van der Waals surface area contributed by atoms with E-state index in [2.05, 4.69) is 11.8 Å². The molecular weight excluding hydrogens is 189 g/mol.